The van der Waals surface area contributed by atoms with Crippen LogP contribution in [0.15, 0.2) is 18.2 Å². The molecule has 0 saturated carbocycles. The molecule has 0 saturated heterocycles. The number of rotatable bonds is 7. The number of phenolic OH excluding ortho intramolecular Hbond substituents is 1. The second kappa shape index (κ2) is 6.64. The molecule has 0 unspecified atom stereocenters. The van der Waals surface area contributed by atoms with Gasteiger partial charge in [0.05, 0.1) is 7.11 Å². The lowest BCUT2D eigenvalue weighted by Crippen LogP contribution is -2.43. The Morgan fingerprint density at radius 1 is 1.17 bits per heavy atom. The van der Waals surface area contributed by atoms with Gasteiger partial charge in [-0.1, -0.05) is 32.9 Å². The molecule has 0 heterocycles. The van der Waals surface area contributed by atoms with Crippen molar-refractivity contribution in [3.05, 3.63) is 23.8 Å². The third-order valence-corrected chi connectivity index (χ3v) is 3.99. The van der Waals surface area contributed by atoms with Crippen LogP contribution in [-0.2, 0) is 6.54 Å². The molecule has 0 atom stereocenters. The molecule has 0 aliphatic carbocycles. The second-order valence-electron chi connectivity index (χ2n) is 4.66. The van der Waals surface area contributed by atoms with E-state index in [9.17, 15) is 5.11 Å². The second-order valence-corrected chi connectivity index (χ2v) is 4.66. The number of aromatic hydroxyl groups is 1. The maximum Gasteiger partial charge on any atom is 0.162 e. The lowest BCUT2D eigenvalue weighted by atomic mass is 9.89. The summed E-state index contributed by atoms with van der Waals surface area (Å²) in [5.74, 6) is 0.772. The van der Waals surface area contributed by atoms with Gasteiger partial charge in [0.2, 0.25) is 0 Å². The number of phenols is 1. The molecule has 102 valence electrons. The standard InChI is InChI=1S/C15H25NO2/c1-5-15(6-2,7-3)16-11-12-9-8-10-13(18-4)14(12)17/h8-10,16-17H,5-7,11H2,1-4H3. The Bertz CT molecular complexity index is 364. The molecule has 0 aliphatic rings. The van der Waals surface area contributed by atoms with Crippen molar-refractivity contribution in [1.29, 1.82) is 0 Å². The molecule has 2 N–H and O–H groups in total. The Hall–Kier alpha value is -1.22. The summed E-state index contributed by atoms with van der Waals surface area (Å²) in [4.78, 5) is 0. The third kappa shape index (κ3) is 3.16. The van der Waals surface area contributed by atoms with Crippen molar-refractivity contribution in [3.8, 4) is 11.5 Å². The highest BCUT2D eigenvalue weighted by molar-refractivity contribution is 5.45. The highest BCUT2D eigenvalue weighted by Gasteiger charge is 2.23. The Balaban J connectivity index is 2.79. The van der Waals surface area contributed by atoms with E-state index in [0.29, 0.717) is 12.3 Å². The molecule has 18 heavy (non-hydrogen) atoms. The van der Waals surface area contributed by atoms with E-state index < -0.39 is 0 Å². The van der Waals surface area contributed by atoms with Crippen molar-refractivity contribution < 1.29 is 9.84 Å². The number of nitrogens with one attached hydrogen (secondary N) is 1. The predicted octanol–water partition coefficient (Wildman–Crippen LogP) is 3.46. The summed E-state index contributed by atoms with van der Waals surface area (Å²) in [5, 5.41) is 13.6. The zero-order valence-electron chi connectivity index (χ0n) is 11.9. The first-order valence-corrected chi connectivity index (χ1v) is 6.72. The topological polar surface area (TPSA) is 41.5 Å². The third-order valence-electron chi connectivity index (χ3n) is 3.99. The maximum absolute atomic E-state index is 10.0. The van der Waals surface area contributed by atoms with Crippen LogP contribution in [0.1, 0.15) is 45.6 Å². The lowest BCUT2D eigenvalue weighted by molar-refractivity contribution is 0.285. The van der Waals surface area contributed by atoms with Crippen LogP contribution in [0.5, 0.6) is 11.5 Å². The van der Waals surface area contributed by atoms with Gasteiger partial charge in [0.15, 0.2) is 11.5 Å². The molecule has 0 bridgehead atoms. The normalized spacial score (nSPS) is 11.6. The van der Waals surface area contributed by atoms with Crippen LogP contribution in [0, 0.1) is 0 Å². The van der Waals surface area contributed by atoms with E-state index in [1.54, 1.807) is 13.2 Å². The Morgan fingerprint density at radius 2 is 1.78 bits per heavy atom. The monoisotopic (exact) mass is 251 g/mol. The van der Waals surface area contributed by atoms with E-state index in [0.717, 1.165) is 24.8 Å². The maximum atomic E-state index is 10.0. The minimum atomic E-state index is 0.162. The average molecular weight is 251 g/mol. The quantitative estimate of drug-likeness (QED) is 0.779. The fraction of sp³-hybridized carbons (Fsp3) is 0.600. The molecular formula is C15H25NO2. The predicted molar refractivity (Wildman–Crippen MR) is 75.1 cm³/mol. The van der Waals surface area contributed by atoms with Crippen molar-refractivity contribution in [2.75, 3.05) is 7.11 Å². The van der Waals surface area contributed by atoms with Gasteiger partial charge in [0, 0.05) is 17.6 Å². The molecule has 1 rings (SSSR count). The van der Waals surface area contributed by atoms with E-state index in [-0.39, 0.29) is 11.3 Å². The lowest BCUT2D eigenvalue weighted by Gasteiger charge is -2.32. The summed E-state index contributed by atoms with van der Waals surface area (Å²) in [6, 6.07) is 5.60. The fourth-order valence-electron chi connectivity index (χ4n) is 2.28. The highest BCUT2D eigenvalue weighted by Crippen LogP contribution is 2.30. The van der Waals surface area contributed by atoms with Gasteiger partial charge in [-0.15, -0.1) is 0 Å². The summed E-state index contributed by atoms with van der Waals surface area (Å²) in [5.41, 5.74) is 1.05. The van der Waals surface area contributed by atoms with Crippen molar-refractivity contribution in [2.45, 2.75) is 52.1 Å². The van der Waals surface area contributed by atoms with Crippen LogP contribution < -0.4 is 10.1 Å². The zero-order valence-corrected chi connectivity index (χ0v) is 11.9. The Labute approximate surface area is 110 Å². The zero-order chi connectivity index (χ0) is 13.6. The minimum Gasteiger partial charge on any atom is -0.504 e. The van der Waals surface area contributed by atoms with Crippen molar-refractivity contribution in [2.24, 2.45) is 0 Å². The van der Waals surface area contributed by atoms with Crippen LogP contribution in [0.2, 0.25) is 0 Å². The first-order valence-electron chi connectivity index (χ1n) is 6.72. The highest BCUT2D eigenvalue weighted by atomic mass is 16.5. The molecule has 1 aromatic rings. The molecule has 0 radical (unpaired) electrons. The van der Waals surface area contributed by atoms with Gasteiger partial charge in [0.1, 0.15) is 0 Å². The number of para-hydroxylation sites is 1. The van der Waals surface area contributed by atoms with Gasteiger partial charge < -0.3 is 15.2 Å². The van der Waals surface area contributed by atoms with E-state index >= 15 is 0 Å². The molecule has 0 aliphatic heterocycles. The first-order chi connectivity index (χ1) is 8.62. The van der Waals surface area contributed by atoms with Crippen LogP contribution in [0.25, 0.3) is 0 Å². The summed E-state index contributed by atoms with van der Waals surface area (Å²) in [6.45, 7) is 7.26. The van der Waals surface area contributed by atoms with E-state index in [2.05, 4.69) is 26.1 Å². The molecule has 0 spiro atoms. The number of hydrogen-bond acceptors (Lipinski definition) is 3. The van der Waals surface area contributed by atoms with Gasteiger partial charge in [-0.2, -0.15) is 0 Å². The molecular weight excluding hydrogens is 226 g/mol. The smallest absolute Gasteiger partial charge is 0.162 e. The van der Waals surface area contributed by atoms with Crippen molar-refractivity contribution >= 4 is 0 Å². The van der Waals surface area contributed by atoms with Gasteiger partial charge in [-0.3, -0.25) is 0 Å². The largest absolute Gasteiger partial charge is 0.504 e. The molecule has 0 aromatic heterocycles. The number of methoxy groups -OCH3 is 1. The average Bonchev–Trinajstić information content (AvgIpc) is 2.42. The van der Waals surface area contributed by atoms with Crippen molar-refractivity contribution in [1.82, 2.24) is 5.32 Å². The molecule has 0 amide bonds. The van der Waals surface area contributed by atoms with Crippen molar-refractivity contribution in [3.63, 3.8) is 0 Å². The SMILES string of the molecule is CCC(CC)(CC)NCc1cccc(OC)c1O. The minimum absolute atomic E-state index is 0.162. The Morgan fingerprint density at radius 3 is 2.28 bits per heavy atom. The summed E-state index contributed by atoms with van der Waals surface area (Å²) in [7, 11) is 1.57. The van der Waals surface area contributed by atoms with Crippen LogP contribution >= 0.6 is 0 Å². The molecule has 3 heteroatoms. The Kier molecular flexibility index (Phi) is 5.48. The van der Waals surface area contributed by atoms with Crippen LogP contribution in [0.3, 0.4) is 0 Å². The van der Waals surface area contributed by atoms with E-state index in [1.165, 1.54) is 0 Å². The summed E-state index contributed by atoms with van der Waals surface area (Å²) >= 11 is 0. The van der Waals surface area contributed by atoms with Gasteiger partial charge in [0.25, 0.3) is 0 Å². The number of benzene rings is 1. The molecule has 1 aromatic carbocycles. The number of ether oxygens (including phenoxy) is 1. The van der Waals surface area contributed by atoms with Crippen LogP contribution in [-0.4, -0.2) is 17.8 Å². The molecule has 3 nitrogen and oxygen atoms in total. The van der Waals surface area contributed by atoms with Gasteiger partial charge in [-0.05, 0) is 25.3 Å². The van der Waals surface area contributed by atoms with E-state index in [4.69, 9.17) is 4.74 Å². The summed E-state index contributed by atoms with van der Waals surface area (Å²) in [6.07, 6.45) is 3.26. The van der Waals surface area contributed by atoms with E-state index in [1.807, 2.05) is 12.1 Å². The van der Waals surface area contributed by atoms with Gasteiger partial charge >= 0.3 is 0 Å². The fourth-order valence-corrected chi connectivity index (χ4v) is 2.28. The first kappa shape index (κ1) is 14.8. The summed E-state index contributed by atoms with van der Waals surface area (Å²) < 4.78 is 5.12. The van der Waals surface area contributed by atoms with Crippen LogP contribution in [0.4, 0.5) is 0 Å². The molecule has 0 fully saturated rings. The number of hydrogen-bond donors (Lipinski definition) is 2. The van der Waals surface area contributed by atoms with Gasteiger partial charge in [-0.25, -0.2) is 0 Å².